The molecule has 194 valence electrons. The van der Waals surface area contributed by atoms with E-state index in [0.717, 1.165) is 10.0 Å². The minimum absolute atomic E-state index is 0.277. The normalized spacial score (nSPS) is 10.9. The number of hydrogen-bond donors (Lipinski definition) is 2. The highest BCUT2D eigenvalue weighted by Crippen LogP contribution is 2.18. The van der Waals surface area contributed by atoms with Crippen molar-refractivity contribution in [3.63, 3.8) is 0 Å². The van der Waals surface area contributed by atoms with Crippen LogP contribution in [0.4, 0.5) is 5.69 Å². The number of benzene rings is 4. The van der Waals surface area contributed by atoms with Crippen LogP contribution in [0.3, 0.4) is 0 Å². The van der Waals surface area contributed by atoms with E-state index in [0.29, 0.717) is 27.4 Å². The van der Waals surface area contributed by atoms with Crippen molar-refractivity contribution < 1.29 is 19.1 Å². The molecule has 7 nitrogen and oxygen atoms in total. The fourth-order valence-electron chi connectivity index (χ4n) is 3.33. The van der Waals surface area contributed by atoms with E-state index in [1.807, 2.05) is 0 Å². The van der Waals surface area contributed by atoms with Crippen molar-refractivity contribution in [1.82, 2.24) is 5.43 Å². The number of para-hydroxylation sites is 1. The van der Waals surface area contributed by atoms with Crippen molar-refractivity contribution in [3.05, 3.63) is 135 Å². The van der Waals surface area contributed by atoms with Gasteiger partial charge >= 0.3 is 5.97 Å². The lowest BCUT2D eigenvalue weighted by atomic mass is 10.1. The Morgan fingerprint density at radius 3 is 2.33 bits per heavy atom. The summed E-state index contributed by atoms with van der Waals surface area (Å²) in [6.45, 7) is 0. The molecular formula is C30H21BrClN3O4. The molecule has 0 bridgehead atoms. The number of carbonyl (C=O) groups is 3. The number of anilines is 1. The first-order valence-electron chi connectivity index (χ1n) is 11.6. The van der Waals surface area contributed by atoms with Crippen molar-refractivity contribution >= 4 is 63.3 Å². The van der Waals surface area contributed by atoms with Crippen LogP contribution in [0.15, 0.2) is 113 Å². The Morgan fingerprint density at radius 1 is 0.821 bits per heavy atom. The summed E-state index contributed by atoms with van der Waals surface area (Å²) in [6, 6.07) is 27.2. The number of nitrogens with zero attached hydrogens (tertiary/aromatic N) is 1. The third kappa shape index (κ3) is 8.23. The predicted molar refractivity (Wildman–Crippen MR) is 156 cm³/mol. The number of ether oxygens (including phenoxy) is 1. The van der Waals surface area contributed by atoms with Crippen LogP contribution >= 0.6 is 27.5 Å². The van der Waals surface area contributed by atoms with Crippen molar-refractivity contribution in [2.45, 2.75) is 0 Å². The zero-order valence-electron chi connectivity index (χ0n) is 20.3. The molecule has 0 radical (unpaired) electrons. The molecule has 4 aromatic rings. The molecule has 0 saturated heterocycles. The molecule has 0 unspecified atom stereocenters. The predicted octanol–water partition coefficient (Wildman–Crippen LogP) is 6.74. The molecule has 0 aliphatic carbocycles. The maximum Gasteiger partial charge on any atom is 0.336 e. The number of halogens is 2. The Hall–Kier alpha value is -4.53. The fraction of sp³-hybridized carbons (Fsp3) is 0. The monoisotopic (exact) mass is 601 g/mol. The number of hydrogen-bond acceptors (Lipinski definition) is 5. The lowest BCUT2D eigenvalue weighted by molar-refractivity contribution is -0.128. The smallest absolute Gasteiger partial charge is 0.336 e. The van der Waals surface area contributed by atoms with E-state index in [9.17, 15) is 14.4 Å². The largest absolute Gasteiger partial charge is 0.423 e. The third-order valence-corrected chi connectivity index (χ3v) is 6.05. The summed E-state index contributed by atoms with van der Waals surface area (Å²) in [5.41, 5.74) is 4.97. The van der Waals surface area contributed by atoms with Crippen LogP contribution < -0.4 is 15.5 Å². The van der Waals surface area contributed by atoms with Crippen molar-refractivity contribution in [2.75, 3.05) is 5.32 Å². The summed E-state index contributed by atoms with van der Waals surface area (Å²) in [7, 11) is 0. The Labute approximate surface area is 238 Å². The molecule has 39 heavy (non-hydrogen) atoms. The summed E-state index contributed by atoms with van der Waals surface area (Å²) in [6.07, 6.45) is 4.30. The van der Waals surface area contributed by atoms with Gasteiger partial charge in [-0.2, -0.15) is 5.10 Å². The molecule has 0 atom stereocenters. The van der Waals surface area contributed by atoms with Crippen LogP contribution in [0.5, 0.6) is 5.75 Å². The molecule has 0 aliphatic rings. The molecular weight excluding hydrogens is 582 g/mol. The van der Waals surface area contributed by atoms with Gasteiger partial charge in [0.2, 0.25) is 0 Å². The summed E-state index contributed by atoms with van der Waals surface area (Å²) >= 11 is 9.21. The highest BCUT2D eigenvalue weighted by atomic mass is 79.9. The molecule has 0 aliphatic heterocycles. The van der Waals surface area contributed by atoms with E-state index < -0.39 is 11.9 Å². The summed E-state index contributed by atoms with van der Waals surface area (Å²) in [4.78, 5) is 37.4. The number of nitrogens with one attached hydrogen (secondary N) is 2. The van der Waals surface area contributed by atoms with Crippen molar-refractivity contribution in [2.24, 2.45) is 5.10 Å². The van der Waals surface area contributed by atoms with Gasteiger partial charge in [-0.3, -0.25) is 9.59 Å². The first-order chi connectivity index (χ1) is 18.9. The van der Waals surface area contributed by atoms with E-state index in [1.165, 1.54) is 12.3 Å². The van der Waals surface area contributed by atoms with Gasteiger partial charge in [0.25, 0.3) is 11.8 Å². The Morgan fingerprint density at radius 2 is 1.56 bits per heavy atom. The Balaban J connectivity index is 1.36. The second-order valence-corrected chi connectivity index (χ2v) is 9.44. The second-order valence-electron chi connectivity index (χ2n) is 8.08. The minimum atomic E-state index is -0.572. The van der Waals surface area contributed by atoms with E-state index in [1.54, 1.807) is 103 Å². The second kappa shape index (κ2) is 13.3. The molecule has 2 N–H and O–H groups in total. The number of carbonyl (C=O) groups excluding carboxylic acids is 3. The number of esters is 1. The average molecular weight is 603 g/mol. The molecule has 0 spiro atoms. The molecule has 0 heterocycles. The molecule has 4 aromatic carbocycles. The van der Waals surface area contributed by atoms with Gasteiger partial charge in [0.1, 0.15) is 5.75 Å². The van der Waals surface area contributed by atoms with E-state index in [4.69, 9.17) is 16.3 Å². The van der Waals surface area contributed by atoms with Crippen molar-refractivity contribution in [3.8, 4) is 5.75 Å². The van der Waals surface area contributed by atoms with Gasteiger partial charge in [0.05, 0.1) is 6.21 Å². The van der Waals surface area contributed by atoms with Crippen molar-refractivity contribution in [1.29, 1.82) is 0 Å². The molecule has 0 saturated carbocycles. The molecule has 2 amide bonds. The van der Waals surface area contributed by atoms with E-state index >= 15 is 0 Å². The molecule has 4 rings (SSSR count). The maximum absolute atomic E-state index is 12.6. The Kier molecular flexibility index (Phi) is 9.39. The standard InChI is InChI=1S/C30H21BrClN3O4/c31-24-13-11-21(12-14-24)29(37)34-26-6-3-5-22(18-26)30(38)35-33-19-23-4-1-2-7-27(23)39-28(36)17-10-20-8-15-25(32)16-9-20/h1-19H,(H,34,37)(H,35,38)/b17-10+,33-19?. The first-order valence-corrected chi connectivity index (χ1v) is 12.8. The highest BCUT2D eigenvalue weighted by molar-refractivity contribution is 9.10. The Bertz CT molecular complexity index is 1550. The summed E-state index contributed by atoms with van der Waals surface area (Å²) in [5.74, 6) is -1.07. The number of amides is 2. The van der Waals surface area contributed by atoms with Gasteiger partial charge in [0, 0.05) is 37.9 Å². The molecule has 0 fully saturated rings. The fourth-order valence-corrected chi connectivity index (χ4v) is 3.72. The van der Waals surface area contributed by atoms with Crippen LogP contribution in [0.25, 0.3) is 6.08 Å². The summed E-state index contributed by atoms with van der Waals surface area (Å²) in [5, 5.41) is 7.37. The topological polar surface area (TPSA) is 96.9 Å². The number of rotatable bonds is 8. The lowest BCUT2D eigenvalue weighted by Gasteiger charge is -2.07. The molecule has 9 heteroatoms. The van der Waals surface area contributed by atoms with Gasteiger partial charge in [-0.25, -0.2) is 10.2 Å². The zero-order valence-corrected chi connectivity index (χ0v) is 22.6. The average Bonchev–Trinajstić information content (AvgIpc) is 2.94. The van der Waals surface area contributed by atoms with Crippen LogP contribution in [0.1, 0.15) is 31.8 Å². The van der Waals surface area contributed by atoms with E-state index in [2.05, 4.69) is 31.8 Å². The van der Waals surface area contributed by atoms with E-state index in [-0.39, 0.29) is 11.7 Å². The zero-order chi connectivity index (χ0) is 27.6. The van der Waals surface area contributed by atoms with Gasteiger partial charge < -0.3 is 10.1 Å². The van der Waals surface area contributed by atoms with Gasteiger partial charge in [-0.1, -0.05) is 57.9 Å². The SMILES string of the molecule is O=C(/C=C/c1ccc(Cl)cc1)Oc1ccccc1C=NNC(=O)c1cccc(NC(=O)c2ccc(Br)cc2)c1. The van der Waals surface area contributed by atoms with Gasteiger partial charge in [-0.15, -0.1) is 0 Å². The molecule has 0 aromatic heterocycles. The van der Waals surface area contributed by atoms with Gasteiger partial charge in [-0.05, 0) is 78.4 Å². The van der Waals surface area contributed by atoms with Gasteiger partial charge in [0.15, 0.2) is 0 Å². The van der Waals surface area contributed by atoms with Crippen LogP contribution in [-0.2, 0) is 4.79 Å². The van der Waals surface area contributed by atoms with Crippen LogP contribution in [-0.4, -0.2) is 24.0 Å². The highest BCUT2D eigenvalue weighted by Gasteiger charge is 2.10. The lowest BCUT2D eigenvalue weighted by Crippen LogP contribution is -2.18. The quantitative estimate of drug-likeness (QED) is 0.0768. The van der Waals surface area contributed by atoms with Crippen LogP contribution in [0.2, 0.25) is 5.02 Å². The number of hydrazone groups is 1. The third-order valence-electron chi connectivity index (χ3n) is 5.27. The maximum atomic E-state index is 12.6. The first kappa shape index (κ1) is 27.5. The summed E-state index contributed by atoms with van der Waals surface area (Å²) < 4.78 is 6.30. The van der Waals surface area contributed by atoms with Crippen LogP contribution in [0, 0.1) is 0 Å². The minimum Gasteiger partial charge on any atom is -0.423 e.